The molecule has 1 aliphatic heterocycles. The molecule has 1 aliphatic rings. The van der Waals surface area contributed by atoms with Crippen molar-refractivity contribution in [1.82, 2.24) is 10.2 Å². The summed E-state index contributed by atoms with van der Waals surface area (Å²) in [6.07, 6.45) is 2.79. The zero-order chi connectivity index (χ0) is 13.0. The van der Waals surface area contributed by atoms with Gasteiger partial charge in [0.15, 0.2) is 0 Å². The van der Waals surface area contributed by atoms with Crippen LogP contribution < -0.4 is 5.32 Å². The van der Waals surface area contributed by atoms with Crippen molar-refractivity contribution in [2.24, 2.45) is 0 Å². The third-order valence-corrected chi connectivity index (χ3v) is 3.58. The lowest BCUT2D eigenvalue weighted by Gasteiger charge is -2.35. The van der Waals surface area contributed by atoms with Crippen molar-refractivity contribution in [3.05, 3.63) is 47.8 Å². The molecular weight excluding hydrogens is 298 g/mol. The summed E-state index contributed by atoms with van der Waals surface area (Å²) in [6, 6.07) is 5.32. The molecule has 1 heterocycles. The average Bonchev–Trinajstić information content (AvgIpc) is 2.40. The van der Waals surface area contributed by atoms with Crippen LogP contribution in [0.5, 0.6) is 0 Å². The van der Waals surface area contributed by atoms with Crippen LogP contribution in [-0.2, 0) is 0 Å². The van der Waals surface area contributed by atoms with Crippen LogP contribution in [0.4, 0.5) is 4.39 Å². The zero-order valence-electron chi connectivity index (χ0n) is 11.8. The number of rotatable bonds is 4. The van der Waals surface area contributed by atoms with Gasteiger partial charge in [-0.05, 0) is 36.6 Å². The summed E-state index contributed by atoms with van der Waals surface area (Å²) in [4.78, 5) is 2.42. The Morgan fingerprint density at radius 2 is 2.00 bits per heavy atom. The van der Waals surface area contributed by atoms with Crippen molar-refractivity contribution in [2.45, 2.75) is 19.4 Å². The Hall–Kier alpha value is -0.610. The van der Waals surface area contributed by atoms with Gasteiger partial charge in [0.2, 0.25) is 0 Å². The summed E-state index contributed by atoms with van der Waals surface area (Å²) in [7, 11) is 0. The molecule has 114 valence electrons. The molecule has 0 aliphatic carbocycles. The van der Waals surface area contributed by atoms with Crippen molar-refractivity contribution in [2.75, 3.05) is 26.2 Å². The van der Waals surface area contributed by atoms with Gasteiger partial charge in [-0.2, -0.15) is 0 Å². The molecule has 0 radical (unpaired) electrons. The molecule has 0 aromatic heterocycles. The first-order valence-electron chi connectivity index (χ1n) is 6.54. The lowest BCUT2D eigenvalue weighted by molar-refractivity contribution is 0.174. The van der Waals surface area contributed by atoms with E-state index in [1.165, 1.54) is 6.07 Å². The number of aryl methyl sites for hydroxylation is 1. The fourth-order valence-electron chi connectivity index (χ4n) is 2.59. The second-order valence-electron chi connectivity index (χ2n) is 4.83. The molecule has 0 amide bonds. The van der Waals surface area contributed by atoms with Gasteiger partial charge in [-0.15, -0.1) is 31.4 Å². The van der Waals surface area contributed by atoms with Crippen molar-refractivity contribution in [3.63, 3.8) is 0 Å². The van der Waals surface area contributed by atoms with Crippen molar-refractivity contribution in [1.29, 1.82) is 0 Å². The van der Waals surface area contributed by atoms with Crippen molar-refractivity contribution in [3.8, 4) is 0 Å². The van der Waals surface area contributed by atoms with Gasteiger partial charge in [-0.3, -0.25) is 4.90 Å². The van der Waals surface area contributed by atoms with Crippen LogP contribution in [-0.4, -0.2) is 31.1 Å². The molecule has 1 N–H and O–H groups in total. The highest BCUT2D eigenvalue weighted by Crippen LogP contribution is 2.28. The van der Waals surface area contributed by atoms with E-state index in [9.17, 15) is 4.39 Å². The highest BCUT2D eigenvalue weighted by molar-refractivity contribution is 5.85. The van der Waals surface area contributed by atoms with Crippen LogP contribution in [0.3, 0.4) is 0 Å². The first-order chi connectivity index (χ1) is 8.72. The maximum absolute atomic E-state index is 13.5. The molecule has 2 nitrogen and oxygen atoms in total. The molecule has 2 rings (SSSR count). The standard InChI is InChI=1S/C15H21FN2.2ClH/c1-3-4-15(18-9-7-17-8-10-18)14-11-13(16)6-5-12(14)2;;/h3,5-6,11,15,17H,1,4,7-10H2,2H3;2*1H/t15-;;/m1../s1. The Morgan fingerprint density at radius 1 is 1.35 bits per heavy atom. The summed E-state index contributed by atoms with van der Waals surface area (Å²) in [5.41, 5.74) is 2.25. The van der Waals surface area contributed by atoms with Gasteiger partial charge in [0.05, 0.1) is 0 Å². The molecule has 0 bridgehead atoms. The lowest BCUT2D eigenvalue weighted by Crippen LogP contribution is -2.45. The summed E-state index contributed by atoms with van der Waals surface area (Å²) < 4.78 is 13.5. The largest absolute Gasteiger partial charge is 0.314 e. The van der Waals surface area contributed by atoms with Gasteiger partial charge in [0.25, 0.3) is 0 Å². The second kappa shape index (κ2) is 9.35. The maximum Gasteiger partial charge on any atom is 0.123 e. The molecule has 20 heavy (non-hydrogen) atoms. The number of piperazine rings is 1. The average molecular weight is 321 g/mol. The van der Waals surface area contributed by atoms with Gasteiger partial charge < -0.3 is 5.32 Å². The van der Waals surface area contributed by atoms with E-state index in [1.807, 2.05) is 19.1 Å². The third kappa shape index (κ3) is 4.74. The van der Waals surface area contributed by atoms with E-state index in [-0.39, 0.29) is 36.7 Å². The SMILES string of the molecule is C=CC[C@H](c1cc(F)ccc1C)N1CCNCC1.Cl.Cl. The molecule has 1 saturated heterocycles. The van der Waals surface area contributed by atoms with Crippen LogP contribution >= 0.6 is 24.8 Å². The monoisotopic (exact) mass is 320 g/mol. The molecule has 1 fully saturated rings. The van der Waals surface area contributed by atoms with Gasteiger partial charge in [0.1, 0.15) is 5.82 Å². The molecule has 0 saturated carbocycles. The normalized spacial score (nSPS) is 16.7. The molecule has 1 aromatic rings. The second-order valence-corrected chi connectivity index (χ2v) is 4.83. The Bertz CT molecular complexity index is 420. The minimum atomic E-state index is -0.153. The predicted molar refractivity (Wildman–Crippen MR) is 87.6 cm³/mol. The Labute approximate surface area is 133 Å². The van der Waals surface area contributed by atoms with Crippen LogP contribution in [0.1, 0.15) is 23.6 Å². The fourth-order valence-corrected chi connectivity index (χ4v) is 2.59. The number of halogens is 3. The van der Waals surface area contributed by atoms with Gasteiger partial charge in [-0.25, -0.2) is 4.39 Å². The lowest BCUT2D eigenvalue weighted by atomic mass is 9.96. The van der Waals surface area contributed by atoms with Crippen molar-refractivity contribution >= 4 is 24.8 Å². The maximum atomic E-state index is 13.5. The summed E-state index contributed by atoms with van der Waals surface area (Å²) in [6.45, 7) is 9.91. The highest BCUT2D eigenvalue weighted by Gasteiger charge is 2.22. The van der Waals surface area contributed by atoms with Crippen LogP contribution in [0.15, 0.2) is 30.9 Å². The van der Waals surface area contributed by atoms with Crippen LogP contribution in [0.25, 0.3) is 0 Å². The van der Waals surface area contributed by atoms with E-state index in [1.54, 1.807) is 6.07 Å². The quantitative estimate of drug-likeness (QED) is 0.854. The van der Waals surface area contributed by atoms with E-state index in [0.717, 1.165) is 43.7 Å². The molecule has 1 aromatic carbocycles. The van der Waals surface area contributed by atoms with Gasteiger partial charge >= 0.3 is 0 Å². The van der Waals surface area contributed by atoms with Gasteiger partial charge in [0, 0.05) is 32.2 Å². The van der Waals surface area contributed by atoms with Gasteiger partial charge in [-0.1, -0.05) is 12.1 Å². The predicted octanol–water partition coefficient (Wildman–Crippen LogP) is 3.50. The number of nitrogens with zero attached hydrogens (tertiary/aromatic N) is 1. The molecule has 5 heteroatoms. The highest BCUT2D eigenvalue weighted by atomic mass is 35.5. The first-order valence-corrected chi connectivity index (χ1v) is 6.54. The van der Waals surface area contributed by atoms with Crippen LogP contribution in [0, 0.1) is 12.7 Å². The van der Waals surface area contributed by atoms with Crippen LogP contribution in [0.2, 0.25) is 0 Å². The summed E-state index contributed by atoms with van der Waals surface area (Å²) >= 11 is 0. The van der Waals surface area contributed by atoms with E-state index >= 15 is 0 Å². The number of nitrogens with one attached hydrogen (secondary N) is 1. The minimum absolute atomic E-state index is 0. The van der Waals surface area contributed by atoms with E-state index in [0.29, 0.717) is 0 Å². The summed E-state index contributed by atoms with van der Waals surface area (Å²) in [5, 5.41) is 3.35. The smallest absolute Gasteiger partial charge is 0.123 e. The molecular formula is C15H23Cl2FN2. The van der Waals surface area contributed by atoms with E-state index < -0.39 is 0 Å². The Balaban J connectivity index is 0.00000180. The van der Waals surface area contributed by atoms with Crippen molar-refractivity contribution < 1.29 is 4.39 Å². The first kappa shape index (κ1) is 19.4. The fraction of sp³-hybridized carbons (Fsp3) is 0.467. The molecule has 1 atom stereocenters. The Morgan fingerprint density at radius 3 is 2.60 bits per heavy atom. The minimum Gasteiger partial charge on any atom is -0.314 e. The molecule has 0 unspecified atom stereocenters. The Kier molecular flexibility index (Phi) is 9.06. The number of hydrogen-bond acceptors (Lipinski definition) is 2. The summed E-state index contributed by atoms with van der Waals surface area (Å²) in [5.74, 6) is -0.153. The zero-order valence-corrected chi connectivity index (χ0v) is 13.4. The van der Waals surface area contributed by atoms with E-state index in [2.05, 4.69) is 16.8 Å². The van der Waals surface area contributed by atoms with E-state index in [4.69, 9.17) is 0 Å². The molecule has 0 spiro atoms. The topological polar surface area (TPSA) is 15.3 Å². The number of hydrogen-bond donors (Lipinski definition) is 1. The number of benzene rings is 1. The third-order valence-electron chi connectivity index (χ3n) is 3.58.